The molecule has 0 aliphatic carbocycles. The van der Waals surface area contributed by atoms with Crippen LogP contribution in [0.5, 0.6) is 0 Å². The molecule has 2 rings (SSSR count). The molecule has 2 aromatic heterocycles. The van der Waals surface area contributed by atoms with Crippen LogP contribution in [0, 0.1) is 6.92 Å². The van der Waals surface area contributed by atoms with Crippen LogP contribution in [0.15, 0.2) is 17.1 Å². The van der Waals surface area contributed by atoms with Gasteiger partial charge in [0.05, 0.1) is 22.7 Å². The van der Waals surface area contributed by atoms with Crippen LogP contribution in [0.2, 0.25) is 4.34 Å². The third-order valence-corrected chi connectivity index (χ3v) is 6.21. The minimum atomic E-state index is -0.318. The SMILES string of the molecule is CCNC(=NCCc1ccc(Cl)s1)NC(C)c1nc(C)c(C(=O)OCC)s1. The molecule has 0 aliphatic rings. The minimum absolute atomic E-state index is 0.0779. The summed E-state index contributed by atoms with van der Waals surface area (Å²) < 4.78 is 5.88. The zero-order valence-corrected chi connectivity index (χ0v) is 18.4. The lowest BCUT2D eigenvalue weighted by Crippen LogP contribution is -2.38. The third-order valence-electron chi connectivity index (χ3n) is 3.60. The Hall–Kier alpha value is -1.64. The van der Waals surface area contributed by atoms with E-state index < -0.39 is 0 Å². The largest absolute Gasteiger partial charge is 0.462 e. The van der Waals surface area contributed by atoms with Crippen LogP contribution in [-0.4, -0.2) is 36.6 Å². The number of aliphatic imine (C=N–C) groups is 1. The topological polar surface area (TPSA) is 75.6 Å². The number of rotatable bonds is 8. The smallest absolute Gasteiger partial charge is 0.350 e. The molecule has 0 saturated heterocycles. The summed E-state index contributed by atoms with van der Waals surface area (Å²) in [5.74, 6) is 0.402. The molecule has 0 saturated carbocycles. The standard InChI is InChI=1S/C18H25ClN4O2S2/c1-5-20-18(21-10-9-13-7-8-14(19)26-13)23-12(4)16-22-11(3)15(27-16)17(24)25-6-2/h7-8,12H,5-6,9-10H2,1-4H3,(H2,20,21,23). The molecule has 0 aromatic carbocycles. The number of carbonyl (C=O) groups excluding carboxylic acids is 1. The molecule has 2 aromatic rings. The summed E-state index contributed by atoms with van der Waals surface area (Å²) in [5.41, 5.74) is 0.693. The normalized spacial score (nSPS) is 12.7. The number of thiophene rings is 1. The van der Waals surface area contributed by atoms with Gasteiger partial charge in [-0.1, -0.05) is 11.6 Å². The van der Waals surface area contributed by atoms with Crippen molar-refractivity contribution in [3.8, 4) is 0 Å². The van der Waals surface area contributed by atoms with E-state index in [2.05, 4.69) is 20.6 Å². The van der Waals surface area contributed by atoms with Crippen molar-refractivity contribution < 1.29 is 9.53 Å². The van der Waals surface area contributed by atoms with E-state index in [1.54, 1.807) is 18.3 Å². The second-order valence-electron chi connectivity index (χ2n) is 5.77. The summed E-state index contributed by atoms with van der Waals surface area (Å²) in [6.07, 6.45) is 0.839. The first kappa shape index (κ1) is 21.7. The van der Waals surface area contributed by atoms with Gasteiger partial charge in [0.2, 0.25) is 0 Å². The number of guanidine groups is 1. The van der Waals surface area contributed by atoms with Crippen LogP contribution in [0.1, 0.15) is 52.1 Å². The predicted octanol–water partition coefficient (Wildman–Crippen LogP) is 4.20. The van der Waals surface area contributed by atoms with Crippen molar-refractivity contribution in [2.24, 2.45) is 4.99 Å². The molecular weight excluding hydrogens is 404 g/mol. The van der Waals surface area contributed by atoms with Crippen LogP contribution in [-0.2, 0) is 11.2 Å². The summed E-state index contributed by atoms with van der Waals surface area (Å²) in [6, 6.07) is 3.86. The van der Waals surface area contributed by atoms with E-state index >= 15 is 0 Å². The zero-order chi connectivity index (χ0) is 19.8. The Balaban J connectivity index is 2.01. The maximum atomic E-state index is 12.0. The Morgan fingerprint density at radius 3 is 2.78 bits per heavy atom. The summed E-state index contributed by atoms with van der Waals surface area (Å²) in [5, 5.41) is 7.42. The zero-order valence-electron chi connectivity index (χ0n) is 16.0. The van der Waals surface area contributed by atoms with Gasteiger partial charge in [-0.3, -0.25) is 4.99 Å². The summed E-state index contributed by atoms with van der Waals surface area (Å²) in [6.45, 7) is 9.41. The van der Waals surface area contributed by atoms with Gasteiger partial charge in [0.15, 0.2) is 5.96 Å². The first-order valence-corrected chi connectivity index (χ1v) is 10.9. The van der Waals surface area contributed by atoms with Crippen molar-refractivity contribution >= 4 is 46.2 Å². The highest BCUT2D eigenvalue weighted by atomic mass is 35.5. The molecule has 0 bridgehead atoms. The number of nitrogens with zero attached hydrogens (tertiary/aromatic N) is 2. The molecule has 2 heterocycles. The number of ether oxygens (including phenoxy) is 1. The molecule has 0 spiro atoms. The molecule has 2 N–H and O–H groups in total. The average molecular weight is 429 g/mol. The van der Waals surface area contributed by atoms with Gasteiger partial charge in [-0.15, -0.1) is 22.7 Å². The number of hydrogen-bond acceptors (Lipinski definition) is 6. The summed E-state index contributed by atoms with van der Waals surface area (Å²) in [4.78, 5) is 22.9. The fourth-order valence-corrected chi connectivity index (χ4v) is 4.38. The molecule has 1 atom stereocenters. The van der Waals surface area contributed by atoms with Crippen molar-refractivity contribution in [2.75, 3.05) is 19.7 Å². The fourth-order valence-electron chi connectivity index (χ4n) is 2.34. The molecule has 0 fully saturated rings. The number of carbonyl (C=O) groups is 1. The van der Waals surface area contributed by atoms with Crippen LogP contribution < -0.4 is 10.6 Å². The van der Waals surface area contributed by atoms with Crippen molar-refractivity contribution in [1.82, 2.24) is 15.6 Å². The van der Waals surface area contributed by atoms with Crippen molar-refractivity contribution in [2.45, 2.75) is 40.2 Å². The Morgan fingerprint density at radius 1 is 1.37 bits per heavy atom. The van der Waals surface area contributed by atoms with E-state index in [0.29, 0.717) is 23.7 Å². The van der Waals surface area contributed by atoms with E-state index in [-0.39, 0.29) is 12.0 Å². The predicted molar refractivity (Wildman–Crippen MR) is 113 cm³/mol. The van der Waals surface area contributed by atoms with Gasteiger partial charge in [-0.25, -0.2) is 9.78 Å². The number of aryl methyl sites for hydroxylation is 1. The van der Waals surface area contributed by atoms with E-state index in [1.807, 2.05) is 32.9 Å². The third kappa shape index (κ3) is 6.48. The average Bonchev–Trinajstić information content (AvgIpc) is 3.21. The Labute approximate surface area is 173 Å². The Bertz CT molecular complexity index is 788. The van der Waals surface area contributed by atoms with Gasteiger partial charge in [0.1, 0.15) is 9.88 Å². The monoisotopic (exact) mass is 428 g/mol. The Kier molecular flexibility index (Phi) is 8.53. The number of hydrogen-bond donors (Lipinski definition) is 2. The van der Waals surface area contributed by atoms with Gasteiger partial charge in [0.25, 0.3) is 0 Å². The molecule has 0 amide bonds. The molecule has 1 unspecified atom stereocenters. The lowest BCUT2D eigenvalue weighted by molar-refractivity contribution is 0.0531. The molecule has 6 nitrogen and oxygen atoms in total. The molecule has 148 valence electrons. The number of nitrogens with one attached hydrogen (secondary N) is 2. The van der Waals surface area contributed by atoms with Crippen LogP contribution in [0.4, 0.5) is 0 Å². The van der Waals surface area contributed by atoms with Gasteiger partial charge in [-0.2, -0.15) is 0 Å². The van der Waals surface area contributed by atoms with Crippen molar-refractivity contribution in [1.29, 1.82) is 0 Å². The van der Waals surface area contributed by atoms with Crippen LogP contribution in [0.3, 0.4) is 0 Å². The lowest BCUT2D eigenvalue weighted by atomic mass is 10.3. The first-order chi connectivity index (χ1) is 12.9. The molecule has 0 aliphatic heterocycles. The summed E-state index contributed by atoms with van der Waals surface area (Å²) >= 11 is 8.90. The van der Waals surface area contributed by atoms with Crippen molar-refractivity contribution in [3.05, 3.63) is 36.9 Å². The number of aromatic nitrogens is 1. The van der Waals surface area contributed by atoms with Gasteiger partial charge < -0.3 is 15.4 Å². The van der Waals surface area contributed by atoms with E-state index in [0.717, 1.165) is 28.3 Å². The van der Waals surface area contributed by atoms with E-state index in [4.69, 9.17) is 16.3 Å². The van der Waals surface area contributed by atoms with Crippen LogP contribution >= 0.6 is 34.3 Å². The molecular formula is C18H25ClN4O2S2. The van der Waals surface area contributed by atoms with Gasteiger partial charge in [-0.05, 0) is 39.8 Å². The van der Waals surface area contributed by atoms with E-state index in [9.17, 15) is 4.79 Å². The van der Waals surface area contributed by atoms with Crippen molar-refractivity contribution in [3.63, 3.8) is 0 Å². The number of thiazole rings is 1. The molecule has 9 heteroatoms. The first-order valence-electron chi connectivity index (χ1n) is 8.88. The van der Waals surface area contributed by atoms with Gasteiger partial charge in [0, 0.05) is 24.4 Å². The molecule has 27 heavy (non-hydrogen) atoms. The number of esters is 1. The molecule has 0 radical (unpaired) electrons. The second-order valence-corrected chi connectivity index (χ2v) is 8.60. The highest BCUT2D eigenvalue weighted by molar-refractivity contribution is 7.16. The van der Waals surface area contributed by atoms with Gasteiger partial charge >= 0.3 is 5.97 Å². The minimum Gasteiger partial charge on any atom is -0.462 e. The lowest BCUT2D eigenvalue weighted by Gasteiger charge is -2.16. The highest BCUT2D eigenvalue weighted by Crippen LogP contribution is 2.24. The number of halogens is 1. The quantitative estimate of drug-likeness (QED) is 0.374. The Morgan fingerprint density at radius 2 is 2.15 bits per heavy atom. The fraction of sp³-hybridized carbons (Fsp3) is 0.500. The maximum absolute atomic E-state index is 12.0. The highest BCUT2D eigenvalue weighted by Gasteiger charge is 2.20. The maximum Gasteiger partial charge on any atom is 0.350 e. The summed E-state index contributed by atoms with van der Waals surface area (Å²) in [7, 11) is 0. The van der Waals surface area contributed by atoms with E-state index in [1.165, 1.54) is 16.2 Å². The van der Waals surface area contributed by atoms with Crippen LogP contribution in [0.25, 0.3) is 0 Å². The second kappa shape index (κ2) is 10.6.